The predicted molar refractivity (Wildman–Crippen MR) is 115 cm³/mol. The van der Waals surface area contributed by atoms with Gasteiger partial charge in [0.2, 0.25) is 0 Å². The van der Waals surface area contributed by atoms with E-state index in [0.717, 1.165) is 35.3 Å². The Balaban J connectivity index is 1.94. The van der Waals surface area contributed by atoms with Crippen LogP contribution in [0.2, 0.25) is 0 Å². The van der Waals surface area contributed by atoms with Gasteiger partial charge in [0.05, 0.1) is 18.1 Å². The van der Waals surface area contributed by atoms with Crippen LogP contribution in [0.5, 0.6) is 5.75 Å². The summed E-state index contributed by atoms with van der Waals surface area (Å²) in [6, 6.07) is 15.0. The van der Waals surface area contributed by atoms with Gasteiger partial charge < -0.3 is 15.8 Å². The van der Waals surface area contributed by atoms with Crippen LogP contribution in [0.4, 0.5) is 5.82 Å². The molecule has 0 aliphatic rings. The van der Waals surface area contributed by atoms with Crippen LogP contribution in [0.3, 0.4) is 0 Å². The van der Waals surface area contributed by atoms with Crippen molar-refractivity contribution in [3.63, 3.8) is 0 Å². The Hall–Kier alpha value is -3.61. The van der Waals surface area contributed by atoms with E-state index in [2.05, 4.69) is 12.2 Å². The lowest BCUT2D eigenvalue weighted by Gasteiger charge is -2.09. The van der Waals surface area contributed by atoms with Crippen molar-refractivity contribution in [3.05, 3.63) is 54.1 Å². The molecule has 0 bridgehead atoms. The van der Waals surface area contributed by atoms with Crippen LogP contribution in [-0.4, -0.2) is 34.1 Å². The molecule has 2 aromatic carbocycles. The van der Waals surface area contributed by atoms with E-state index in [1.807, 2.05) is 48.5 Å². The Bertz CT molecular complexity index is 1180. The Morgan fingerprint density at radius 3 is 2.45 bits per heavy atom. The minimum atomic E-state index is -0.238. The number of para-hydroxylation sites is 2. The van der Waals surface area contributed by atoms with Gasteiger partial charge in [0.15, 0.2) is 5.65 Å². The number of carbonyl (C=O) groups excluding carboxylic acids is 1. The molecule has 3 N–H and O–H groups in total. The number of hydrogen-bond donors (Lipinski definition) is 2. The first kappa shape index (κ1) is 18.7. The second kappa shape index (κ2) is 7.79. The Kier molecular flexibility index (Phi) is 5.03. The first-order valence-electron chi connectivity index (χ1n) is 9.63. The molecule has 0 saturated carbocycles. The third-order valence-corrected chi connectivity index (χ3v) is 4.87. The minimum Gasteiger partial charge on any atom is -0.497 e. The second-order valence-electron chi connectivity index (χ2n) is 6.79. The van der Waals surface area contributed by atoms with E-state index in [1.165, 1.54) is 0 Å². The zero-order valence-corrected chi connectivity index (χ0v) is 16.5. The third kappa shape index (κ3) is 3.35. The topological polar surface area (TPSA) is 95.1 Å². The maximum atomic E-state index is 12.9. The number of nitrogen functional groups attached to an aromatic ring is 1. The smallest absolute Gasteiger partial charge is 0.257 e. The zero-order chi connectivity index (χ0) is 20.4. The average Bonchev–Trinajstić information content (AvgIpc) is 3.03. The van der Waals surface area contributed by atoms with Crippen LogP contribution in [0.25, 0.3) is 27.9 Å². The molecule has 0 unspecified atom stereocenters. The summed E-state index contributed by atoms with van der Waals surface area (Å²) in [5.74, 6) is 0.810. The van der Waals surface area contributed by atoms with Gasteiger partial charge in [-0.3, -0.25) is 9.36 Å². The number of hydrogen-bond acceptors (Lipinski definition) is 5. The van der Waals surface area contributed by atoms with Gasteiger partial charge in [0, 0.05) is 12.2 Å². The number of carbonyl (C=O) groups is 1. The van der Waals surface area contributed by atoms with Crippen LogP contribution in [-0.2, 0) is 0 Å². The van der Waals surface area contributed by atoms with Gasteiger partial charge in [-0.25, -0.2) is 9.97 Å². The van der Waals surface area contributed by atoms with Gasteiger partial charge in [-0.15, -0.1) is 0 Å². The van der Waals surface area contributed by atoms with E-state index in [9.17, 15) is 4.79 Å². The third-order valence-electron chi connectivity index (χ3n) is 4.87. The van der Waals surface area contributed by atoms with Crippen LogP contribution in [0.1, 0.15) is 30.1 Å². The van der Waals surface area contributed by atoms with Gasteiger partial charge >= 0.3 is 0 Å². The summed E-state index contributed by atoms with van der Waals surface area (Å²) in [7, 11) is 1.62. The number of nitrogens with two attached hydrogens (primary N) is 1. The largest absolute Gasteiger partial charge is 0.497 e. The van der Waals surface area contributed by atoms with Crippen LogP contribution in [0, 0.1) is 0 Å². The van der Waals surface area contributed by atoms with Gasteiger partial charge in [0.25, 0.3) is 5.91 Å². The fourth-order valence-corrected chi connectivity index (χ4v) is 3.35. The van der Waals surface area contributed by atoms with Gasteiger partial charge in [-0.1, -0.05) is 25.5 Å². The van der Waals surface area contributed by atoms with Crippen molar-refractivity contribution in [2.75, 3.05) is 19.4 Å². The molecule has 0 saturated heterocycles. The first-order valence-corrected chi connectivity index (χ1v) is 9.63. The molecule has 0 spiro atoms. The number of benzene rings is 2. The number of nitrogens with zero attached hydrogens (tertiary/aromatic N) is 3. The summed E-state index contributed by atoms with van der Waals surface area (Å²) >= 11 is 0. The molecule has 1 amide bonds. The normalized spacial score (nSPS) is 11.1. The van der Waals surface area contributed by atoms with Crippen molar-refractivity contribution in [1.82, 2.24) is 19.9 Å². The van der Waals surface area contributed by atoms with Crippen LogP contribution >= 0.6 is 0 Å². The van der Waals surface area contributed by atoms with Crippen molar-refractivity contribution < 1.29 is 9.53 Å². The molecule has 4 aromatic rings. The van der Waals surface area contributed by atoms with E-state index in [0.29, 0.717) is 29.1 Å². The molecule has 29 heavy (non-hydrogen) atoms. The number of nitrogens with one attached hydrogen (secondary N) is 1. The van der Waals surface area contributed by atoms with Crippen LogP contribution in [0.15, 0.2) is 48.5 Å². The van der Waals surface area contributed by atoms with E-state index >= 15 is 0 Å². The molecule has 2 aromatic heterocycles. The molecule has 148 valence electrons. The van der Waals surface area contributed by atoms with E-state index in [4.69, 9.17) is 20.4 Å². The molecule has 4 rings (SSSR count). The van der Waals surface area contributed by atoms with Gasteiger partial charge in [-0.05, 0) is 42.8 Å². The summed E-state index contributed by atoms with van der Waals surface area (Å²) in [6.45, 7) is 2.67. The number of amides is 1. The van der Waals surface area contributed by atoms with E-state index in [1.54, 1.807) is 11.7 Å². The molecule has 0 fully saturated rings. The highest BCUT2D eigenvalue weighted by atomic mass is 16.5. The fourth-order valence-electron chi connectivity index (χ4n) is 3.35. The highest BCUT2D eigenvalue weighted by Crippen LogP contribution is 2.31. The number of ether oxygens (including phenoxy) is 1. The molecule has 7 nitrogen and oxygen atoms in total. The zero-order valence-electron chi connectivity index (χ0n) is 16.5. The van der Waals surface area contributed by atoms with Crippen molar-refractivity contribution in [2.45, 2.75) is 19.8 Å². The van der Waals surface area contributed by atoms with Crippen molar-refractivity contribution in [1.29, 1.82) is 0 Å². The summed E-state index contributed by atoms with van der Waals surface area (Å²) in [5, 5.41) is 2.94. The highest BCUT2D eigenvalue weighted by molar-refractivity contribution is 6.11. The molecular formula is C22H23N5O2. The quantitative estimate of drug-likeness (QED) is 0.490. The Morgan fingerprint density at radius 1 is 1.10 bits per heavy atom. The van der Waals surface area contributed by atoms with Crippen molar-refractivity contribution in [3.8, 4) is 11.4 Å². The van der Waals surface area contributed by atoms with Crippen molar-refractivity contribution in [2.24, 2.45) is 0 Å². The SMILES string of the molecule is CCCCNC(=O)c1c(N)n(-c2ccc(OC)cc2)c2nc3ccccc3nc12. The molecule has 0 aliphatic carbocycles. The monoisotopic (exact) mass is 389 g/mol. The molecule has 2 heterocycles. The summed E-state index contributed by atoms with van der Waals surface area (Å²) in [6.07, 6.45) is 1.89. The van der Waals surface area contributed by atoms with Crippen LogP contribution < -0.4 is 15.8 Å². The Morgan fingerprint density at radius 2 is 1.79 bits per heavy atom. The van der Waals surface area contributed by atoms with Gasteiger partial charge in [0.1, 0.15) is 22.6 Å². The summed E-state index contributed by atoms with van der Waals surface area (Å²) in [5.41, 5.74) is 10.1. The second-order valence-corrected chi connectivity index (χ2v) is 6.79. The average molecular weight is 389 g/mol. The number of fused-ring (bicyclic) bond motifs is 2. The van der Waals surface area contributed by atoms with Gasteiger partial charge in [-0.2, -0.15) is 0 Å². The predicted octanol–water partition coefficient (Wildman–Crippen LogP) is 3.69. The minimum absolute atomic E-state index is 0.238. The summed E-state index contributed by atoms with van der Waals surface area (Å²) < 4.78 is 7.01. The Labute approximate surface area is 168 Å². The molecule has 7 heteroatoms. The molecule has 0 atom stereocenters. The number of anilines is 1. The number of aromatic nitrogens is 3. The number of methoxy groups -OCH3 is 1. The first-order chi connectivity index (χ1) is 14.1. The number of rotatable bonds is 6. The van der Waals surface area contributed by atoms with E-state index in [-0.39, 0.29) is 5.91 Å². The molecule has 0 aliphatic heterocycles. The lowest BCUT2D eigenvalue weighted by molar-refractivity contribution is 0.0955. The lowest BCUT2D eigenvalue weighted by Crippen LogP contribution is -2.25. The fraction of sp³-hybridized carbons (Fsp3) is 0.227. The molecular weight excluding hydrogens is 366 g/mol. The standard InChI is InChI=1S/C22H23N5O2/c1-3-4-13-24-22(28)18-19-21(26-17-8-6-5-7-16(17)25-19)27(20(18)23)14-9-11-15(29-2)12-10-14/h5-12H,3-4,13,23H2,1-2H3,(H,24,28). The van der Waals surface area contributed by atoms with Crippen molar-refractivity contribution >= 4 is 33.9 Å². The summed E-state index contributed by atoms with van der Waals surface area (Å²) in [4.78, 5) is 22.4. The highest BCUT2D eigenvalue weighted by Gasteiger charge is 2.24. The maximum Gasteiger partial charge on any atom is 0.257 e. The van der Waals surface area contributed by atoms with E-state index < -0.39 is 0 Å². The number of unbranched alkanes of at least 4 members (excludes halogenated alkanes) is 1. The molecule has 0 radical (unpaired) electrons. The maximum absolute atomic E-state index is 12.9. The lowest BCUT2D eigenvalue weighted by atomic mass is 10.2.